The van der Waals surface area contributed by atoms with Crippen molar-refractivity contribution in [3.63, 3.8) is 0 Å². The van der Waals surface area contributed by atoms with Gasteiger partial charge < -0.3 is 9.15 Å². The number of hydrogen-bond acceptors (Lipinski definition) is 4. The number of hydrogen-bond donors (Lipinski definition) is 0. The van der Waals surface area contributed by atoms with Gasteiger partial charge in [-0.15, -0.1) is 0 Å². The standard InChI is InChI=1S/C25H24O4/c1-3-4-17-28-25(27)21-11-9-20(10-12-21)24-16-14-22(29-24)13-15-23(26)19-7-5-18(2)6-8-19/h5-16H,3-4,17H2,1-2H3. The summed E-state index contributed by atoms with van der Waals surface area (Å²) in [6, 6.07) is 18.2. The highest BCUT2D eigenvalue weighted by Gasteiger charge is 2.09. The molecule has 0 unspecified atom stereocenters. The van der Waals surface area contributed by atoms with Crippen LogP contribution in [0.5, 0.6) is 0 Å². The van der Waals surface area contributed by atoms with Crippen molar-refractivity contribution in [1.29, 1.82) is 0 Å². The Hall–Kier alpha value is -3.40. The molecule has 4 heteroatoms. The van der Waals surface area contributed by atoms with Crippen LogP contribution in [-0.4, -0.2) is 18.4 Å². The molecule has 148 valence electrons. The fourth-order valence-electron chi connectivity index (χ4n) is 2.73. The second-order valence-electron chi connectivity index (χ2n) is 6.83. The first-order valence-corrected chi connectivity index (χ1v) is 9.73. The molecule has 0 amide bonds. The minimum absolute atomic E-state index is 0.0751. The van der Waals surface area contributed by atoms with Gasteiger partial charge in [-0.3, -0.25) is 4.79 Å². The van der Waals surface area contributed by atoms with Gasteiger partial charge in [-0.25, -0.2) is 4.79 Å². The van der Waals surface area contributed by atoms with Crippen molar-refractivity contribution in [3.05, 3.63) is 89.2 Å². The monoisotopic (exact) mass is 388 g/mol. The van der Waals surface area contributed by atoms with E-state index < -0.39 is 0 Å². The van der Waals surface area contributed by atoms with Crippen molar-refractivity contribution in [2.75, 3.05) is 6.61 Å². The number of carbonyl (C=O) groups excluding carboxylic acids is 2. The predicted octanol–water partition coefficient (Wildman–Crippen LogP) is 6.11. The number of benzene rings is 2. The van der Waals surface area contributed by atoms with Crippen molar-refractivity contribution >= 4 is 17.8 Å². The molecule has 0 spiro atoms. The van der Waals surface area contributed by atoms with Crippen LogP contribution < -0.4 is 0 Å². The Labute approximate surface area is 170 Å². The van der Waals surface area contributed by atoms with Crippen LogP contribution in [0.3, 0.4) is 0 Å². The lowest BCUT2D eigenvalue weighted by molar-refractivity contribution is 0.0499. The average Bonchev–Trinajstić information content (AvgIpc) is 3.22. The van der Waals surface area contributed by atoms with Gasteiger partial charge in [-0.05, 0) is 49.8 Å². The molecule has 1 aromatic heterocycles. The lowest BCUT2D eigenvalue weighted by Gasteiger charge is -2.04. The second-order valence-corrected chi connectivity index (χ2v) is 6.83. The van der Waals surface area contributed by atoms with E-state index in [2.05, 4.69) is 0 Å². The maximum atomic E-state index is 12.2. The van der Waals surface area contributed by atoms with Crippen LogP contribution in [0.1, 0.15) is 51.8 Å². The van der Waals surface area contributed by atoms with Crippen molar-refractivity contribution < 1.29 is 18.7 Å². The van der Waals surface area contributed by atoms with Crippen molar-refractivity contribution in [3.8, 4) is 11.3 Å². The molecule has 0 fully saturated rings. The number of ether oxygens (including phenoxy) is 1. The van der Waals surface area contributed by atoms with Crippen LogP contribution >= 0.6 is 0 Å². The van der Waals surface area contributed by atoms with Crippen LogP contribution in [-0.2, 0) is 4.74 Å². The molecule has 0 bridgehead atoms. The minimum atomic E-state index is -0.317. The zero-order valence-electron chi connectivity index (χ0n) is 16.7. The number of ketones is 1. The molecule has 0 saturated carbocycles. The molecule has 3 aromatic rings. The van der Waals surface area contributed by atoms with E-state index in [1.165, 1.54) is 6.08 Å². The van der Waals surface area contributed by atoms with Gasteiger partial charge in [-0.2, -0.15) is 0 Å². The summed E-state index contributed by atoms with van der Waals surface area (Å²) in [6.45, 7) is 4.47. The highest BCUT2D eigenvalue weighted by atomic mass is 16.5. The number of rotatable bonds is 8. The third-order valence-corrected chi connectivity index (χ3v) is 4.50. The first kappa shape index (κ1) is 20.3. The van der Waals surface area contributed by atoms with Gasteiger partial charge in [0.05, 0.1) is 12.2 Å². The first-order valence-electron chi connectivity index (χ1n) is 9.73. The molecule has 0 aliphatic rings. The van der Waals surface area contributed by atoms with Crippen LogP contribution in [0.25, 0.3) is 17.4 Å². The molecular formula is C25H24O4. The van der Waals surface area contributed by atoms with Crippen molar-refractivity contribution in [2.24, 2.45) is 0 Å². The molecular weight excluding hydrogens is 364 g/mol. The largest absolute Gasteiger partial charge is 0.462 e. The average molecular weight is 388 g/mol. The summed E-state index contributed by atoms with van der Waals surface area (Å²) in [5.41, 5.74) is 3.11. The molecule has 0 aliphatic heterocycles. The summed E-state index contributed by atoms with van der Waals surface area (Å²) in [4.78, 5) is 24.2. The maximum Gasteiger partial charge on any atom is 0.338 e. The van der Waals surface area contributed by atoms with Gasteiger partial charge >= 0.3 is 5.97 Å². The fourth-order valence-corrected chi connectivity index (χ4v) is 2.73. The number of aryl methyl sites for hydroxylation is 1. The third-order valence-electron chi connectivity index (χ3n) is 4.50. The molecule has 2 aromatic carbocycles. The van der Waals surface area contributed by atoms with Gasteiger partial charge in [0.15, 0.2) is 5.78 Å². The number of allylic oxidation sites excluding steroid dienone is 1. The Morgan fingerprint density at radius 1 is 0.931 bits per heavy atom. The minimum Gasteiger partial charge on any atom is -0.462 e. The van der Waals surface area contributed by atoms with Crippen LogP contribution in [0.4, 0.5) is 0 Å². The summed E-state index contributed by atoms with van der Waals surface area (Å²) in [7, 11) is 0. The lowest BCUT2D eigenvalue weighted by atomic mass is 10.1. The van der Waals surface area contributed by atoms with Crippen molar-refractivity contribution in [2.45, 2.75) is 26.7 Å². The Bertz CT molecular complexity index is 992. The topological polar surface area (TPSA) is 56.5 Å². The molecule has 0 aliphatic carbocycles. The highest BCUT2D eigenvalue weighted by molar-refractivity contribution is 6.06. The highest BCUT2D eigenvalue weighted by Crippen LogP contribution is 2.23. The molecule has 3 rings (SSSR count). The normalized spacial score (nSPS) is 11.0. The van der Waals surface area contributed by atoms with E-state index in [0.29, 0.717) is 29.3 Å². The Balaban J connectivity index is 1.64. The molecule has 0 radical (unpaired) electrons. The van der Waals surface area contributed by atoms with Crippen LogP contribution in [0.15, 0.2) is 71.2 Å². The van der Waals surface area contributed by atoms with Gasteiger partial charge in [0.25, 0.3) is 0 Å². The summed E-state index contributed by atoms with van der Waals surface area (Å²) < 4.78 is 11.0. The summed E-state index contributed by atoms with van der Waals surface area (Å²) in [5, 5.41) is 0. The number of esters is 1. The summed E-state index contributed by atoms with van der Waals surface area (Å²) in [6.07, 6.45) is 5.00. The van der Waals surface area contributed by atoms with E-state index in [0.717, 1.165) is 24.0 Å². The summed E-state index contributed by atoms with van der Waals surface area (Å²) in [5.74, 6) is 0.860. The fraction of sp³-hybridized carbons (Fsp3) is 0.200. The molecule has 4 nitrogen and oxygen atoms in total. The number of furan rings is 1. The second kappa shape index (κ2) is 9.69. The first-order chi connectivity index (χ1) is 14.1. The molecule has 0 atom stereocenters. The zero-order chi connectivity index (χ0) is 20.6. The Morgan fingerprint density at radius 3 is 2.31 bits per heavy atom. The third kappa shape index (κ3) is 5.55. The number of carbonyl (C=O) groups is 2. The Morgan fingerprint density at radius 2 is 1.62 bits per heavy atom. The number of unbranched alkanes of at least 4 members (excludes halogenated alkanes) is 1. The van der Waals surface area contributed by atoms with Gasteiger partial charge in [0.2, 0.25) is 0 Å². The van der Waals surface area contributed by atoms with E-state index in [-0.39, 0.29) is 11.8 Å². The van der Waals surface area contributed by atoms with E-state index in [4.69, 9.17) is 9.15 Å². The molecule has 1 heterocycles. The van der Waals surface area contributed by atoms with E-state index in [1.807, 2.05) is 56.3 Å². The van der Waals surface area contributed by atoms with Crippen LogP contribution in [0.2, 0.25) is 0 Å². The van der Waals surface area contributed by atoms with E-state index in [9.17, 15) is 9.59 Å². The molecule has 0 saturated heterocycles. The van der Waals surface area contributed by atoms with E-state index >= 15 is 0 Å². The van der Waals surface area contributed by atoms with Gasteiger partial charge in [0, 0.05) is 11.1 Å². The zero-order valence-corrected chi connectivity index (χ0v) is 16.7. The van der Waals surface area contributed by atoms with Gasteiger partial charge in [-0.1, -0.05) is 55.3 Å². The quantitative estimate of drug-likeness (QED) is 0.202. The SMILES string of the molecule is CCCCOC(=O)c1ccc(-c2ccc(C=CC(=O)c3ccc(C)cc3)o2)cc1. The Kier molecular flexibility index (Phi) is 6.80. The maximum absolute atomic E-state index is 12.2. The van der Waals surface area contributed by atoms with Crippen molar-refractivity contribution in [1.82, 2.24) is 0 Å². The van der Waals surface area contributed by atoms with Gasteiger partial charge in [0.1, 0.15) is 11.5 Å². The molecule has 0 N–H and O–H groups in total. The predicted molar refractivity (Wildman–Crippen MR) is 114 cm³/mol. The smallest absolute Gasteiger partial charge is 0.338 e. The lowest BCUT2D eigenvalue weighted by Crippen LogP contribution is -2.05. The van der Waals surface area contributed by atoms with Crippen LogP contribution in [0, 0.1) is 6.92 Å². The van der Waals surface area contributed by atoms with E-state index in [1.54, 1.807) is 24.3 Å². The molecule has 29 heavy (non-hydrogen) atoms. The summed E-state index contributed by atoms with van der Waals surface area (Å²) >= 11 is 0.